The number of fused-ring (bicyclic) bond motifs is 1. The summed E-state index contributed by atoms with van der Waals surface area (Å²) in [6.07, 6.45) is 1.69. The summed E-state index contributed by atoms with van der Waals surface area (Å²) in [5.41, 5.74) is 1.77. The molecule has 0 fully saturated rings. The Hall–Kier alpha value is -3.21. The van der Waals surface area contributed by atoms with E-state index in [2.05, 4.69) is 20.9 Å². The van der Waals surface area contributed by atoms with Gasteiger partial charge in [0.25, 0.3) is 5.56 Å². The van der Waals surface area contributed by atoms with Crippen molar-refractivity contribution < 1.29 is 23.8 Å². The van der Waals surface area contributed by atoms with Crippen molar-refractivity contribution in [1.29, 1.82) is 0 Å². The molecule has 0 saturated carbocycles. The first kappa shape index (κ1) is 26.8. The van der Waals surface area contributed by atoms with Crippen molar-refractivity contribution in [1.82, 2.24) is 4.57 Å². The number of aromatic nitrogens is 1. The first-order valence-corrected chi connectivity index (χ1v) is 13.1. The van der Waals surface area contributed by atoms with Crippen molar-refractivity contribution in [2.75, 3.05) is 13.7 Å². The van der Waals surface area contributed by atoms with Crippen molar-refractivity contribution in [2.24, 2.45) is 4.99 Å². The van der Waals surface area contributed by atoms with Gasteiger partial charge in [0, 0.05) is 11.9 Å². The molecule has 0 bridgehead atoms. The molecule has 1 unspecified atom stereocenters. The summed E-state index contributed by atoms with van der Waals surface area (Å²) in [6.45, 7) is 4.93. The highest BCUT2D eigenvalue weighted by Crippen LogP contribution is 2.37. The number of rotatable bonds is 6. The van der Waals surface area contributed by atoms with Crippen LogP contribution in [0.2, 0.25) is 5.02 Å². The first-order chi connectivity index (χ1) is 17.6. The summed E-state index contributed by atoms with van der Waals surface area (Å²) in [6, 6.07) is 9.61. The van der Waals surface area contributed by atoms with Crippen LogP contribution in [-0.2, 0) is 14.3 Å². The van der Waals surface area contributed by atoms with Gasteiger partial charge in [0.2, 0.25) is 0 Å². The fourth-order valence-corrected chi connectivity index (χ4v) is 5.68. The lowest BCUT2D eigenvalue weighted by molar-refractivity contribution is -0.139. The van der Waals surface area contributed by atoms with Crippen molar-refractivity contribution in [3.05, 3.63) is 88.0 Å². The number of esters is 2. The Morgan fingerprint density at radius 3 is 2.57 bits per heavy atom. The van der Waals surface area contributed by atoms with E-state index in [0.717, 1.165) is 0 Å². The summed E-state index contributed by atoms with van der Waals surface area (Å²) < 4.78 is 18.3. The van der Waals surface area contributed by atoms with Crippen LogP contribution in [-0.4, -0.2) is 30.2 Å². The number of allylic oxidation sites excluding steroid dienone is 1. The van der Waals surface area contributed by atoms with Gasteiger partial charge in [-0.25, -0.2) is 9.79 Å². The minimum absolute atomic E-state index is 0.188. The zero-order chi connectivity index (χ0) is 26.9. The lowest BCUT2D eigenvalue weighted by atomic mass is 9.96. The van der Waals surface area contributed by atoms with E-state index >= 15 is 0 Å². The fraction of sp³-hybridized carbons (Fsp3) is 0.231. The molecule has 0 amide bonds. The van der Waals surface area contributed by atoms with Crippen LogP contribution >= 0.6 is 38.9 Å². The van der Waals surface area contributed by atoms with E-state index in [4.69, 9.17) is 25.8 Å². The largest absolute Gasteiger partial charge is 0.493 e. The normalized spacial score (nSPS) is 15.2. The quantitative estimate of drug-likeness (QED) is 0.310. The summed E-state index contributed by atoms with van der Waals surface area (Å²) in [5.74, 6) is -0.461. The van der Waals surface area contributed by atoms with Gasteiger partial charge < -0.3 is 14.2 Å². The van der Waals surface area contributed by atoms with Crippen LogP contribution in [0.25, 0.3) is 6.08 Å². The number of carbonyl (C=O) groups is 2. The van der Waals surface area contributed by atoms with E-state index in [1.165, 1.54) is 29.9 Å². The maximum absolute atomic E-state index is 13.7. The molecule has 0 saturated heterocycles. The zero-order valence-corrected chi connectivity index (χ0v) is 23.5. The van der Waals surface area contributed by atoms with E-state index in [0.29, 0.717) is 47.0 Å². The molecule has 11 heteroatoms. The molecule has 2 heterocycles. The Labute approximate surface area is 229 Å². The fourth-order valence-electron chi connectivity index (χ4n) is 3.97. The minimum Gasteiger partial charge on any atom is -0.493 e. The highest BCUT2D eigenvalue weighted by atomic mass is 79.9. The van der Waals surface area contributed by atoms with Crippen molar-refractivity contribution >= 4 is 56.9 Å². The third kappa shape index (κ3) is 5.41. The smallest absolute Gasteiger partial charge is 0.338 e. The van der Waals surface area contributed by atoms with Crippen LogP contribution in [0.1, 0.15) is 37.9 Å². The number of nitrogens with zero attached hydrogens (tertiary/aromatic N) is 2. The van der Waals surface area contributed by atoms with E-state index in [-0.39, 0.29) is 17.9 Å². The Morgan fingerprint density at radius 1 is 1.24 bits per heavy atom. The molecule has 3 aromatic rings. The zero-order valence-electron chi connectivity index (χ0n) is 20.3. The molecular formula is C26H22BrClN2O6S. The average Bonchev–Trinajstić information content (AvgIpc) is 3.14. The van der Waals surface area contributed by atoms with Crippen LogP contribution in [0, 0.1) is 0 Å². The standard InChI is InChI=1S/C26H22BrClN2O6S/c1-5-35-25(33)21-13(2)29-26-30(22(21)16-6-8-17(28)9-7-16)24(32)20(37-26)12-15-10-18(27)23(36-14(3)31)19(11-15)34-4/h6-12,22H,5H2,1-4H3/b20-12+. The van der Waals surface area contributed by atoms with Crippen LogP contribution in [0.15, 0.2) is 61.9 Å². The number of carbonyl (C=O) groups excluding carboxylic acids is 2. The van der Waals surface area contributed by atoms with Gasteiger partial charge in [-0.2, -0.15) is 0 Å². The van der Waals surface area contributed by atoms with Gasteiger partial charge in [-0.3, -0.25) is 14.2 Å². The summed E-state index contributed by atoms with van der Waals surface area (Å²) in [4.78, 5) is 43.2. The molecule has 1 aliphatic heterocycles. The second-order valence-corrected chi connectivity index (χ2v) is 10.3. The predicted octanol–water partition coefficient (Wildman–Crippen LogP) is 4.15. The van der Waals surface area contributed by atoms with Crippen LogP contribution in [0.5, 0.6) is 11.5 Å². The third-order valence-corrected chi connectivity index (χ3v) is 7.32. The molecule has 0 N–H and O–H groups in total. The topological polar surface area (TPSA) is 96.2 Å². The SMILES string of the molecule is CCOC(=O)C1=C(C)N=c2s/c(=C/c3cc(Br)c(OC(C)=O)c(OC)c3)c(=O)n2C1c1ccc(Cl)cc1. The van der Waals surface area contributed by atoms with E-state index in [1.54, 1.807) is 56.3 Å². The number of hydrogen-bond donors (Lipinski definition) is 0. The second-order valence-electron chi connectivity index (χ2n) is 7.98. The van der Waals surface area contributed by atoms with Crippen LogP contribution in [0.4, 0.5) is 0 Å². The molecule has 8 nitrogen and oxygen atoms in total. The van der Waals surface area contributed by atoms with Crippen molar-refractivity contribution in [3.8, 4) is 11.5 Å². The van der Waals surface area contributed by atoms with E-state index in [9.17, 15) is 14.4 Å². The molecule has 2 aromatic carbocycles. The maximum Gasteiger partial charge on any atom is 0.338 e. The van der Waals surface area contributed by atoms with Gasteiger partial charge in [-0.1, -0.05) is 35.1 Å². The van der Waals surface area contributed by atoms with Gasteiger partial charge in [-0.15, -0.1) is 0 Å². The van der Waals surface area contributed by atoms with Gasteiger partial charge in [0.05, 0.1) is 40.0 Å². The molecule has 0 radical (unpaired) electrons. The van der Waals surface area contributed by atoms with Gasteiger partial charge >= 0.3 is 11.9 Å². The lowest BCUT2D eigenvalue weighted by Gasteiger charge is -2.24. The number of ether oxygens (including phenoxy) is 3. The summed E-state index contributed by atoms with van der Waals surface area (Å²) in [5, 5.41) is 0.534. The molecule has 1 aliphatic rings. The molecule has 192 valence electrons. The predicted molar refractivity (Wildman–Crippen MR) is 144 cm³/mol. The van der Waals surface area contributed by atoms with Crippen molar-refractivity contribution in [2.45, 2.75) is 26.8 Å². The van der Waals surface area contributed by atoms with Crippen LogP contribution in [0.3, 0.4) is 0 Å². The molecule has 1 aromatic heterocycles. The van der Waals surface area contributed by atoms with E-state index in [1.807, 2.05) is 0 Å². The summed E-state index contributed by atoms with van der Waals surface area (Å²) in [7, 11) is 1.46. The second kappa shape index (κ2) is 11.0. The Morgan fingerprint density at radius 2 is 1.95 bits per heavy atom. The lowest BCUT2D eigenvalue weighted by Crippen LogP contribution is -2.39. The number of halogens is 2. The Kier molecular flexibility index (Phi) is 8.01. The molecular weight excluding hydrogens is 584 g/mol. The number of thiazole rings is 1. The molecule has 37 heavy (non-hydrogen) atoms. The monoisotopic (exact) mass is 604 g/mol. The van der Waals surface area contributed by atoms with E-state index < -0.39 is 18.0 Å². The number of benzene rings is 2. The number of hydrogen-bond acceptors (Lipinski definition) is 8. The first-order valence-electron chi connectivity index (χ1n) is 11.2. The van der Waals surface area contributed by atoms with Gasteiger partial charge in [0.15, 0.2) is 16.3 Å². The molecule has 0 aliphatic carbocycles. The highest BCUT2D eigenvalue weighted by Gasteiger charge is 2.33. The minimum atomic E-state index is -0.734. The third-order valence-electron chi connectivity index (χ3n) is 5.50. The number of methoxy groups -OCH3 is 1. The highest BCUT2D eigenvalue weighted by molar-refractivity contribution is 9.10. The Balaban J connectivity index is 1.91. The average molecular weight is 606 g/mol. The van der Waals surface area contributed by atoms with Crippen molar-refractivity contribution in [3.63, 3.8) is 0 Å². The van der Waals surface area contributed by atoms with Crippen LogP contribution < -0.4 is 24.4 Å². The Bertz CT molecular complexity index is 1610. The van der Waals surface area contributed by atoms with Gasteiger partial charge in [-0.05, 0) is 71.2 Å². The maximum atomic E-state index is 13.7. The molecule has 4 rings (SSSR count). The van der Waals surface area contributed by atoms with Gasteiger partial charge in [0.1, 0.15) is 0 Å². The summed E-state index contributed by atoms with van der Waals surface area (Å²) >= 11 is 10.7. The molecule has 1 atom stereocenters. The molecule has 0 spiro atoms.